The first-order valence-corrected chi connectivity index (χ1v) is 10.0. The van der Waals surface area contributed by atoms with Gasteiger partial charge in [0, 0.05) is 43.7 Å². The van der Waals surface area contributed by atoms with Crippen LogP contribution < -0.4 is 0 Å². The quantitative estimate of drug-likeness (QED) is 0.555. The Bertz CT molecular complexity index is 645. The molecule has 1 heterocycles. The van der Waals surface area contributed by atoms with E-state index in [4.69, 9.17) is 19.8 Å². The number of carboxylic acid groups (broad SMARTS) is 2. The SMILES string of the molecule is Brc1cccc(CN2CCN(CC3CC=CCC3)CC2)c1.O=C(O)C(=O)O. The summed E-state index contributed by atoms with van der Waals surface area (Å²) in [5.41, 5.74) is 1.41. The molecule has 27 heavy (non-hydrogen) atoms. The molecule has 1 fully saturated rings. The van der Waals surface area contributed by atoms with Gasteiger partial charge in [-0.05, 0) is 42.9 Å². The average Bonchev–Trinajstić information content (AvgIpc) is 2.65. The summed E-state index contributed by atoms with van der Waals surface area (Å²) < 4.78 is 1.18. The minimum absolute atomic E-state index is 0.895. The van der Waals surface area contributed by atoms with Crippen molar-refractivity contribution in [3.05, 3.63) is 46.5 Å². The number of piperazine rings is 1. The molecule has 0 saturated carbocycles. The first-order valence-electron chi connectivity index (χ1n) is 9.24. The molecule has 1 aromatic carbocycles. The molecule has 0 radical (unpaired) electrons. The average molecular weight is 439 g/mol. The summed E-state index contributed by atoms with van der Waals surface area (Å²) in [4.78, 5) is 23.4. The predicted octanol–water partition coefficient (Wildman–Crippen LogP) is 3.08. The zero-order chi connectivity index (χ0) is 19.6. The predicted molar refractivity (Wildman–Crippen MR) is 108 cm³/mol. The van der Waals surface area contributed by atoms with Gasteiger partial charge in [-0.3, -0.25) is 4.90 Å². The van der Waals surface area contributed by atoms with Crippen molar-refractivity contribution >= 4 is 27.9 Å². The first kappa shape index (κ1) is 21.6. The Hall–Kier alpha value is -1.70. The van der Waals surface area contributed by atoms with Gasteiger partial charge in [0.25, 0.3) is 0 Å². The van der Waals surface area contributed by atoms with Crippen molar-refractivity contribution in [1.82, 2.24) is 9.80 Å². The van der Waals surface area contributed by atoms with E-state index in [1.165, 1.54) is 62.0 Å². The van der Waals surface area contributed by atoms with Gasteiger partial charge in [-0.15, -0.1) is 0 Å². The Kier molecular flexibility index (Phi) is 8.97. The van der Waals surface area contributed by atoms with Gasteiger partial charge in [0.2, 0.25) is 0 Å². The van der Waals surface area contributed by atoms with Crippen LogP contribution in [0.1, 0.15) is 24.8 Å². The van der Waals surface area contributed by atoms with Gasteiger partial charge >= 0.3 is 11.9 Å². The smallest absolute Gasteiger partial charge is 0.414 e. The third-order valence-electron chi connectivity index (χ3n) is 4.84. The number of rotatable bonds is 4. The van der Waals surface area contributed by atoms with Crippen LogP contribution in [0.4, 0.5) is 0 Å². The molecule has 7 heteroatoms. The third-order valence-corrected chi connectivity index (χ3v) is 5.33. The fourth-order valence-electron chi connectivity index (χ4n) is 3.41. The molecule has 2 aliphatic rings. The highest BCUT2D eigenvalue weighted by Gasteiger charge is 2.20. The van der Waals surface area contributed by atoms with E-state index in [1.807, 2.05) is 0 Å². The second kappa shape index (κ2) is 11.2. The number of carbonyl (C=O) groups is 2. The van der Waals surface area contributed by atoms with Crippen molar-refractivity contribution in [2.45, 2.75) is 25.8 Å². The van der Waals surface area contributed by atoms with Crippen molar-refractivity contribution in [2.75, 3.05) is 32.7 Å². The van der Waals surface area contributed by atoms with Crippen LogP contribution in [0.5, 0.6) is 0 Å². The molecular formula is C20H27BrN2O4. The van der Waals surface area contributed by atoms with E-state index in [9.17, 15) is 0 Å². The van der Waals surface area contributed by atoms with Gasteiger partial charge in [-0.25, -0.2) is 9.59 Å². The molecule has 6 nitrogen and oxygen atoms in total. The van der Waals surface area contributed by atoms with Crippen LogP contribution in [0.25, 0.3) is 0 Å². The van der Waals surface area contributed by atoms with Crippen molar-refractivity contribution < 1.29 is 19.8 Å². The summed E-state index contributed by atoms with van der Waals surface area (Å²) >= 11 is 3.56. The van der Waals surface area contributed by atoms with Gasteiger partial charge in [0.15, 0.2) is 0 Å². The maximum Gasteiger partial charge on any atom is 0.414 e. The van der Waals surface area contributed by atoms with E-state index < -0.39 is 11.9 Å². The topological polar surface area (TPSA) is 81.1 Å². The number of hydrogen-bond acceptors (Lipinski definition) is 4. The molecule has 1 aliphatic carbocycles. The lowest BCUT2D eigenvalue weighted by molar-refractivity contribution is -0.159. The van der Waals surface area contributed by atoms with Crippen molar-refractivity contribution in [1.29, 1.82) is 0 Å². The summed E-state index contributed by atoms with van der Waals surface area (Å²) in [6.07, 6.45) is 8.67. The Balaban J connectivity index is 0.000000380. The molecule has 3 rings (SSSR count). The number of aliphatic carboxylic acids is 2. The number of allylic oxidation sites excluding steroid dienone is 2. The Labute approximate surface area is 168 Å². The van der Waals surface area contributed by atoms with E-state index in [2.05, 4.69) is 62.1 Å². The van der Waals surface area contributed by atoms with E-state index in [1.54, 1.807) is 0 Å². The zero-order valence-electron chi connectivity index (χ0n) is 15.4. The monoisotopic (exact) mass is 438 g/mol. The Morgan fingerprint density at radius 1 is 1.04 bits per heavy atom. The Morgan fingerprint density at radius 3 is 2.26 bits per heavy atom. The van der Waals surface area contributed by atoms with E-state index in [0.29, 0.717) is 0 Å². The highest BCUT2D eigenvalue weighted by molar-refractivity contribution is 9.10. The van der Waals surface area contributed by atoms with Crippen LogP contribution >= 0.6 is 15.9 Å². The molecule has 148 valence electrons. The van der Waals surface area contributed by atoms with Gasteiger partial charge in [0.05, 0.1) is 0 Å². The molecule has 0 amide bonds. The molecule has 0 spiro atoms. The highest BCUT2D eigenvalue weighted by atomic mass is 79.9. The summed E-state index contributed by atoms with van der Waals surface area (Å²) in [6.45, 7) is 7.25. The van der Waals surface area contributed by atoms with Gasteiger partial charge in [-0.2, -0.15) is 0 Å². The minimum atomic E-state index is -1.82. The maximum atomic E-state index is 9.10. The lowest BCUT2D eigenvalue weighted by Crippen LogP contribution is -2.47. The van der Waals surface area contributed by atoms with Crippen molar-refractivity contribution in [3.63, 3.8) is 0 Å². The first-order chi connectivity index (χ1) is 12.9. The summed E-state index contributed by atoms with van der Waals surface area (Å²) in [7, 11) is 0. The second-order valence-electron chi connectivity index (χ2n) is 6.97. The van der Waals surface area contributed by atoms with Crippen molar-refractivity contribution in [2.24, 2.45) is 5.92 Å². The van der Waals surface area contributed by atoms with Crippen LogP contribution in [-0.4, -0.2) is 64.7 Å². The van der Waals surface area contributed by atoms with Gasteiger partial charge in [0.1, 0.15) is 0 Å². The van der Waals surface area contributed by atoms with Crippen LogP contribution in [0, 0.1) is 5.92 Å². The number of hydrogen-bond donors (Lipinski definition) is 2. The van der Waals surface area contributed by atoms with Crippen LogP contribution in [0.2, 0.25) is 0 Å². The molecule has 0 aromatic heterocycles. The van der Waals surface area contributed by atoms with Gasteiger partial charge < -0.3 is 15.1 Å². The molecule has 1 aliphatic heterocycles. The molecule has 1 unspecified atom stereocenters. The second-order valence-corrected chi connectivity index (χ2v) is 7.88. The zero-order valence-corrected chi connectivity index (χ0v) is 17.0. The van der Waals surface area contributed by atoms with Crippen LogP contribution in [-0.2, 0) is 16.1 Å². The minimum Gasteiger partial charge on any atom is -0.473 e. The number of nitrogens with zero attached hydrogens (tertiary/aromatic N) is 2. The Morgan fingerprint density at radius 2 is 1.70 bits per heavy atom. The molecule has 1 atom stereocenters. The van der Waals surface area contributed by atoms with Crippen LogP contribution in [0.15, 0.2) is 40.9 Å². The molecule has 2 N–H and O–H groups in total. The maximum absolute atomic E-state index is 9.10. The summed E-state index contributed by atoms with van der Waals surface area (Å²) in [6, 6.07) is 8.69. The fraction of sp³-hybridized carbons (Fsp3) is 0.500. The normalized spacial score (nSPS) is 20.6. The van der Waals surface area contributed by atoms with E-state index >= 15 is 0 Å². The van der Waals surface area contributed by atoms with E-state index in [-0.39, 0.29) is 0 Å². The highest BCUT2D eigenvalue weighted by Crippen LogP contribution is 2.20. The largest absolute Gasteiger partial charge is 0.473 e. The molecule has 1 saturated heterocycles. The fourth-order valence-corrected chi connectivity index (χ4v) is 3.86. The molecule has 1 aromatic rings. The summed E-state index contributed by atoms with van der Waals surface area (Å²) in [5, 5.41) is 14.8. The molecular weight excluding hydrogens is 412 g/mol. The van der Waals surface area contributed by atoms with E-state index in [0.717, 1.165) is 12.5 Å². The number of benzene rings is 1. The molecule has 0 bridgehead atoms. The summed E-state index contributed by atoms with van der Waals surface area (Å²) in [5.74, 6) is -2.75. The lowest BCUT2D eigenvalue weighted by atomic mass is 9.94. The van der Waals surface area contributed by atoms with Crippen LogP contribution in [0.3, 0.4) is 0 Å². The lowest BCUT2D eigenvalue weighted by Gasteiger charge is -2.36. The number of carboxylic acids is 2. The number of halogens is 1. The third kappa shape index (κ3) is 8.24. The van der Waals surface area contributed by atoms with Crippen molar-refractivity contribution in [3.8, 4) is 0 Å². The van der Waals surface area contributed by atoms with Gasteiger partial charge in [-0.1, -0.05) is 40.2 Å². The standard InChI is InChI=1S/C18H25BrN2.C2H2O4/c19-18-8-4-7-17(13-18)15-21-11-9-20(10-12-21)14-16-5-2-1-3-6-16;3-1(4)2(5)6/h1-2,4,7-8,13,16H,3,5-6,9-12,14-15H2;(H,3,4)(H,5,6).